The van der Waals surface area contributed by atoms with E-state index >= 15 is 0 Å². The molecule has 1 atom stereocenters. The number of quaternary nitrogens is 1. The van der Waals surface area contributed by atoms with Crippen molar-refractivity contribution >= 4 is 5.97 Å². The highest BCUT2D eigenvalue weighted by Crippen LogP contribution is 1.98. The van der Waals surface area contributed by atoms with Crippen LogP contribution in [-0.4, -0.2) is 54.5 Å². The van der Waals surface area contributed by atoms with Gasteiger partial charge in [-0.2, -0.15) is 0 Å². The van der Waals surface area contributed by atoms with Crippen molar-refractivity contribution in [2.24, 2.45) is 0 Å². The molecular weight excluding hydrogens is 226 g/mol. The monoisotopic (exact) mass is 241 g/mol. The summed E-state index contributed by atoms with van der Waals surface area (Å²) in [6, 6.07) is 0. The Morgan fingerprint density at radius 1 is 1.42 bits per heavy atom. The van der Waals surface area contributed by atoms with E-state index in [0.29, 0.717) is 11.0 Å². The van der Waals surface area contributed by atoms with E-state index in [-0.39, 0.29) is 23.4 Å². The minimum absolute atomic E-state index is 0. The molecule has 0 bridgehead atoms. The Morgan fingerprint density at radius 3 is 2.08 bits per heavy atom. The topological polar surface area (TPSA) is 57.5 Å². The number of carbonyl (C=O) groups is 1. The molecule has 4 nitrogen and oxygen atoms in total. The van der Waals surface area contributed by atoms with Crippen molar-refractivity contribution in [2.75, 3.05) is 27.7 Å². The molecule has 74 valence electrons. The average molecular weight is 242 g/mol. The Balaban J connectivity index is 0. The highest BCUT2D eigenvalue weighted by atomic mass is 79.9. The average Bonchev–Trinajstić information content (AvgIpc) is 1.53. The highest BCUT2D eigenvalue weighted by Gasteiger charge is 2.17. The number of hydrogen-bond acceptors (Lipinski definition) is 2. The summed E-state index contributed by atoms with van der Waals surface area (Å²) in [5, 5.41) is 17.5. The first kappa shape index (κ1) is 14.4. The van der Waals surface area contributed by atoms with Gasteiger partial charge in [0, 0.05) is 0 Å². The van der Waals surface area contributed by atoms with Gasteiger partial charge in [-0.25, -0.2) is 0 Å². The molecule has 0 saturated heterocycles. The molecule has 0 saturated carbocycles. The van der Waals surface area contributed by atoms with Crippen LogP contribution >= 0.6 is 0 Å². The Hall–Kier alpha value is -0.130. The normalized spacial score (nSPS) is 13.3. The molecule has 0 spiro atoms. The van der Waals surface area contributed by atoms with Crippen LogP contribution in [0.5, 0.6) is 0 Å². The maximum atomic E-state index is 10.1. The molecule has 2 N–H and O–H groups in total. The van der Waals surface area contributed by atoms with Gasteiger partial charge in [0.25, 0.3) is 0 Å². The lowest BCUT2D eigenvalue weighted by Crippen LogP contribution is -3.00. The summed E-state index contributed by atoms with van der Waals surface area (Å²) in [6.07, 6.45) is -0.914. The van der Waals surface area contributed by atoms with Gasteiger partial charge in [-0.3, -0.25) is 4.79 Å². The van der Waals surface area contributed by atoms with E-state index in [4.69, 9.17) is 10.2 Å². The van der Waals surface area contributed by atoms with Crippen molar-refractivity contribution < 1.29 is 36.5 Å². The van der Waals surface area contributed by atoms with E-state index in [1.54, 1.807) is 0 Å². The minimum Gasteiger partial charge on any atom is -1.00 e. The van der Waals surface area contributed by atoms with Crippen LogP contribution in [0.3, 0.4) is 0 Å². The lowest BCUT2D eigenvalue weighted by Gasteiger charge is -2.25. The van der Waals surface area contributed by atoms with Crippen LogP contribution in [0.25, 0.3) is 0 Å². The lowest BCUT2D eigenvalue weighted by atomic mass is 10.2. The number of hydrogen-bond donors (Lipinski definition) is 2. The number of rotatable bonds is 4. The number of halogens is 1. The smallest absolute Gasteiger partial charge is 0.306 e. The molecule has 0 unspecified atom stereocenters. The van der Waals surface area contributed by atoms with Crippen LogP contribution in [0.2, 0.25) is 0 Å². The Kier molecular flexibility index (Phi) is 6.60. The van der Waals surface area contributed by atoms with E-state index in [1.807, 2.05) is 21.1 Å². The molecule has 5 heteroatoms. The fraction of sp³-hybridized carbons (Fsp3) is 0.857. The first-order chi connectivity index (χ1) is 4.81. The third kappa shape index (κ3) is 9.87. The zero-order valence-corrected chi connectivity index (χ0v) is 9.21. The van der Waals surface area contributed by atoms with Gasteiger partial charge in [-0.05, 0) is 0 Å². The number of aliphatic carboxylic acids is 1. The SMILES string of the molecule is C[N+](C)(C)C[C@@H](O)CC(=O)O.[Br-]. The second-order valence-corrected chi connectivity index (χ2v) is 3.72. The summed E-state index contributed by atoms with van der Waals surface area (Å²) in [7, 11) is 5.72. The maximum Gasteiger partial charge on any atom is 0.306 e. The summed E-state index contributed by atoms with van der Waals surface area (Å²) in [5.74, 6) is -0.953. The molecule has 0 aliphatic rings. The van der Waals surface area contributed by atoms with Crippen LogP contribution < -0.4 is 17.0 Å². The fourth-order valence-corrected chi connectivity index (χ4v) is 0.898. The standard InChI is InChI=1S/C7H15NO3.BrH/c1-8(2,3)5-6(9)4-7(10)11;/h6,9H,4-5H2,1-3H3;1H/t6-;/m0./s1. The largest absolute Gasteiger partial charge is 1.00 e. The van der Waals surface area contributed by atoms with Gasteiger partial charge in [0.15, 0.2) is 0 Å². The Labute approximate surface area is 83.2 Å². The fourth-order valence-electron chi connectivity index (χ4n) is 0.898. The van der Waals surface area contributed by atoms with Crippen LogP contribution in [0.4, 0.5) is 0 Å². The molecule has 0 rings (SSSR count). The van der Waals surface area contributed by atoms with Crippen LogP contribution in [0.15, 0.2) is 0 Å². The highest BCUT2D eigenvalue weighted by molar-refractivity contribution is 5.67. The van der Waals surface area contributed by atoms with Crippen LogP contribution in [0, 0.1) is 0 Å². The molecule has 12 heavy (non-hydrogen) atoms. The van der Waals surface area contributed by atoms with E-state index in [2.05, 4.69) is 0 Å². The summed E-state index contributed by atoms with van der Waals surface area (Å²) in [5.41, 5.74) is 0. The molecule has 0 heterocycles. The van der Waals surface area contributed by atoms with Crippen molar-refractivity contribution in [1.29, 1.82) is 0 Å². The number of aliphatic hydroxyl groups is 1. The van der Waals surface area contributed by atoms with E-state index in [0.717, 1.165) is 0 Å². The van der Waals surface area contributed by atoms with Gasteiger partial charge in [-0.1, -0.05) is 0 Å². The third-order valence-corrected chi connectivity index (χ3v) is 1.17. The number of carboxylic acid groups (broad SMARTS) is 1. The van der Waals surface area contributed by atoms with Crippen molar-refractivity contribution in [2.45, 2.75) is 12.5 Å². The molecule has 0 aromatic rings. The first-order valence-electron chi connectivity index (χ1n) is 3.51. The molecule has 0 aliphatic heterocycles. The van der Waals surface area contributed by atoms with Gasteiger partial charge in [-0.15, -0.1) is 0 Å². The molecule has 0 radical (unpaired) electrons. The summed E-state index contributed by atoms with van der Waals surface area (Å²) >= 11 is 0. The number of likely N-dealkylation sites (N-methyl/N-ethyl adjacent to an activating group) is 1. The van der Waals surface area contributed by atoms with Crippen molar-refractivity contribution in [1.82, 2.24) is 0 Å². The molecule has 0 amide bonds. The van der Waals surface area contributed by atoms with Gasteiger partial charge in [0.2, 0.25) is 0 Å². The molecule has 0 aliphatic carbocycles. The van der Waals surface area contributed by atoms with E-state index in [9.17, 15) is 4.79 Å². The Bertz CT molecular complexity index is 144. The number of aliphatic hydroxyl groups excluding tert-OH is 1. The third-order valence-electron chi connectivity index (χ3n) is 1.17. The molecule has 0 aromatic carbocycles. The quantitative estimate of drug-likeness (QED) is 0.504. The van der Waals surface area contributed by atoms with Crippen molar-refractivity contribution in [3.63, 3.8) is 0 Å². The predicted molar refractivity (Wildman–Crippen MR) is 41.2 cm³/mol. The summed E-state index contributed by atoms with van der Waals surface area (Å²) in [6.45, 7) is 0.465. The second kappa shape index (κ2) is 5.50. The maximum absolute atomic E-state index is 10.1. The van der Waals surface area contributed by atoms with Gasteiger partial charge in [0.1, 0.15) is 12.6 Å². The van der Waals surface area contributed by atoms with Crippen molar-refractivity contribution in [3.8, 4) is 0 Å². The first-order valence-corrected chi connectivity index (χ1v) is 3.51. The summed E-state index contributed by atoms with van der Waals surface area (Å²) < 4.78 is 0.578. The predicted octanol–water partition coefficient (Wildman–Crippen LogP) is -3.47. The molecule has 0 fully saturated rings. The lowest BCUT2D eigenvalue weighted by molar-refractivity contribution is -0.873. The second-order valence-electron chi connectivity index (χ2n) is 3.72. The molecule has 0 aromatic heterocycles. The van der Waals surface area contributed by atoms with E-state index < -0.39 is 12.1 Å². The van der Waals surface area contributed by atoms with Crippen LogP contribution in [0.1, 0.15) is 6.42 Å². The Morgan fingerprint density at radius 2 is 1.83 bits per heavy atom. The zero-order valence-electron chi connectivity index (χ0n) is 7.62. The number of nitrogens with zero attached hydrogens (tertiary/aromatic N) is 1. The number of carboxylic acids is 1. The van der Waals surface area contributed by atoms with Gasteiger partial charge in [0.05, 0.1) is 27.6 Å². The van der Waals surface area contributed by atoms with E-state index in [1.165, 1.54) is 0 Å². The molecular formula is C7H16BrNO3. The minimum atomic E-state index is -0.953. The summed E-state index contributed by atoms with van der Waals surface area (Å²) in [4.78, 5) is 10.1. The van der Waals surface area contributed by atoms with Crippen LogP contribution in [-0.2, 0) is 4.79 Å². The zero-order chi connectivity index (χ0) is 9.07. The van der Waals surface area contributed by atoms with Gasteiger partial charge >= 0.3 is 5.97 Å². The van der Waals surface area contributed by atoms with Crippen molar-refractivity contribution in [3.05, 3.63) is 0 Å². The van der Waals surface area contributed by atoms with Gasteiger partial charge < -0.3 is 31.7 Å².